The molecule has 10 nitrogen and oxygen atoms in total. The zero-order valence-electron chi connectivity index (χ0n) is 15.9. The topological polar surface area (TPSA) is 96.7 Å². The molecule has 0 saturated heterocycles. The summed E-state index contributed by atoms with van der Waals surface area (Å²) in [4.78, 5) is 8.44. The molecule has 148 valence electrons. The summed E-state index contributed by atoms with van der Waals surface area (Å²) < 4.78 is 16.2. The van der Waals surface area contributed by atoms with Gasteiger partial charge in [-0.25, -0.2) is 9.97 Å². The monoisotopic (exact) mass is 456 g/mol. The van der Waals surface area contributed by atoms with Crippen LogP contribution in [0, 0.1) is 0 Å². The van der Waals surface area contributed by atoms with E-state index < -0.39 is 0 Å². The van der Waals surface area contributed by atoms with Crippen LogP contribution in [0.4, 0.5) is 0 Å². The Morgan fingerprint density at radius 2 is 1.45 bits per heavy atom. The third-order valence-electron chi connectivity index (χ3n) is 4.12. The quantitative estimate of drug-likeness (QED) is 0.411. The number of rotatable bonds is 3. The molecule has 0 N–H and O–H groups in total. The Bertz CT molecular complexity index is 1280. The number of hydrogen-bond donors (Lipinski definition) is 0. The minimum atomic E-state index is 0.658. The fourth-order valence-electron chi connectivity index (χ4n) is 2.78. The lowest BCUT2D eigenvalue weighted by atomic mass is 10.2. The zero-order chi connectivity index (χ0) is 20.4. The van der Waals surface area contributed by atoms with E-state index in [2.05, 4.69) is 41.2 Å². The van der Waals surface area contributed by atoms with Crippen molar-refractivity contribution in [1.82, 2.24) is 39.0 Å². The maximum Gasteiger partial charge on any atom is 0.217 e. The van der Waals surface area contributed by atoms with Crippen molar-refractivity contribution < 1.29 is 9.47 Å². The summed E-state index contributed by atoms with van der Waals surface area (Å²) >= 11 is 3.33. The van der Waals surface area contributed by atoms with Crippen molar-refractivity contribution >= 4 is 27.2 Å². The van der Waals surface area contributed by atoms with Crippen LogP contribution in [0.15, 0.2) is 53.8 Å². The molecule has 0 amide bonds. The first-order valence-electron chi connectivity index (χ1n) is 8.50. The number of ether oxygens (including phenoxy) is 2. The van der Waals surface area contributed by atoms with Crippen LogP contribution >= 0.6 is 15.9 Å². The van der Waals surface area contributed by atoms with E-state index in [1.165, 1.54) is 0 Å². The molecule has 0 radical (unpaired) electrons. The third-order valence-corrected chi connectivity index (χ3v) is 4.68. The Morgan fingerprint density at radius 1 is 0.828 bits per heavy atom. The van der Waals surface area contributed by atoms with Gasteiger partial charge in [-0.15, -0.1) is 0 Å². The van der Waals surface area contributed by atoms with Crippen molar-refractivity contribution in [2.75, 3.05) is 14.2 Å². The predicted molar refractivity (Wildman–Crippen MR) is 109 cm³/mol. The molecule has 5 heterocycles. The molecule has 0 saturated carbocycles. The number of methoxy groups -OCH3 is 2. The summed E-state index contributed by atoms with van der Waals surface area (Å²) in [6.45, 7) is 0. The Labute approximate surface area is 173 Å². The van der Waals surface area contributed by atoms with Gasteiger partial charge in [0.2, 0.25) is 11.8 Å². The second kappa shape index (κ2) is 7.87. The molecule has 0 aliphatic rings. The molecule has 0 bridgehead atoms. The first-order chi connectivity index (χ1) is 14.1. The molecule has 29 heavy (non-hydrogen) atoms. The van der Waals surface area contributed by atoms with E-state index in [0.717, 1.165) is 26.9 Å². The molecule has 0 spiro atoms. The van der Waals surface area contributed by atoms with E-state index in [9.17, 15) is 0 Å². The standard InChI is InChI=1S/C11H11N5O.C7H6BrN3O/c1-15-7-8(5-13-15)9-6-14-16-10(17-2)3-4-12-11(9)16;1-12-6-2-3-9-7-5(8)4-10-11(6)7/h3-7H,1-2H3;2-4H,1H3. The first kappa shape index (κ1) is 18.9. The first-order valence-corrected chi connectivity index (χ1v) is 9.29. The van der Waals surface area contributed by atoms with Crippen LogP contribution in [0.1, 0.15) is 0 Å². The lowest BCUT2D eigenvalue weighted by molar-refractivity contribution is 0.384. The second-order valence-corrected chi connectivity index (χ2v) is 6.75. The highest BCUT2D eigenvalue weighted by Crippen LogP contribution is 2.24. The zero-order valence-corrected chi connectivity index (χ0v) is 17.5. The van der Waals surface area contributed by atoms with Crippen LogP contribution in [0.5, 0.6) is 11.8 Å². The van der Waals surface area contributed by atoms with E-state index in [1.54, 1.807) is 71.0 Å². The van der Waals surface area contributed by atoms with E-state index in [0.29, 0.717) is 11.8 Å². The molecule has 0 aromatic carbocycles. The SMILES string of the molecule is COc1ccnc2c(-c3cnn(C)c3)cnn12.COc1ccnc2c(Br)cnn12. The van der Waals surface area contributed by atoms with Crippen molar-refractivity contribution in [2.45, 2.75) is 0 Å². The molecule has 11 heteroatoms. The Kier molecular flexibility index (Phi) is 5.12. The van der Waals surface area contributed by atoms with E-state index in [1.807, 2.05) is 13.2 Å². The molecule has 5 aromatic rings. The number of aromatic nitrogens is 8. The van der Waals surface area contributed by atoms with E-state index >= 15 is 0 Å². The van der Waals surface area contributed by atoms with E-state index in [4.69, 9.17) is 9.47 Å². The molecule has 0 unspecified atom stereocenters. The fourth-order valence-corrected chi connectivity index (χ4v) is 3.15. The summed E-state index contributed by atoms with van der Waals surface area (Å²) in [5, 5.41) is 12.5. The van der Waals surface area contributed by atoms with Gasteiger partial charge in [-0.1, -0.05) is 0 Å². The van der Waals surface area contributed by atoms with Gasteiger partial charge < -0.3 is 9.47 Å². The number of fused-ring (bicyclic) bond motifs is 2. The van der Waals surface area contributed by atoms with Crippen LogP contribution in [-0.2, 0) is 7.05 Å². The van der Waals surface area contributed by atoms with Crippen molar-refractivity contribution in [3.05, 3.63) is 53.8 Å². The Morgan fingerprint density at radius 3 is 2.07 bits per heavy atom. The minimum Gasteiger partial charge on any atom is -0.481 e. The van der Waals surface area contributed by atoms with Crippen molar-refractivity contribution in [1.29, 1.82) is 0 Å². The second-order valence-electron chi connectivity index (χ2n) is 5.90. The lowest BCUT2D eigenvalue weighted by Gasteiger charge is -2.01. The van der Waals surface area contributed by atoms with Crippen LogP contribution < -0.4 is 9.47 Å². The molecular weight excluding hydrogens is 440 g/mol. The molecule has 0 atom stereocenters. The van der Waals surface area contributed by atoms with Crippen molar-refractivity contribution in [2.24, 2.45) is 7.05 Å². The van der Waals surface area contributed by atoms with Gasteiger partial charge in [0.05, 0.1) is 37.3 Å². The van der Waals surface area contributed by atoms with Gasteiger partial charge in [-0.05, 0) is 15.9 Å². The highest BCUT2D eigenvalue weighted by Gasteiger charge is 2.11. The Hall–Kier alpha value is -3.47. The highest BCUT2D eigenvalue weighted by molar-refractivity contribution is 9.10. The van der Waals surface area contributed by atoms with Gasteiger partial charge in [0.25, 0.3) is 0 Å². The van der Waals surface area contributed by atoms with Gasteiger partial charge in [0.15, 0.2) is 11.3 Å². The van der Waals surface area contributed by atoms with Gasteiger partial charge in [0.1, 0.15) is 0 Å². The van der Waals surface area contributed by atoms with Crippen LogP contribution in [0.2, 0.25) is 0 Å². The molecular formula is C18H17BrN8O2. The Balaban J connectivity index is 0.000000150. The lowest BCUT2D eigenvalue weighted by Crippen LogP contribution is -1.96. The van der Waals surface area contributed by atoms with Gasteiger partial charge in [0, 0.05) is 48.9 Å². The predicted octanol–water partition coefficient (Wildman–Crippen LogP) is 2.64. The number of nitrogens with zero attached hydrogens (tertiary/aromatic N) is 8. The largest absolute Gasteiger partial charge is 0.481 e. The maximum absolute atomic E-state index is 5.22. The van der Waals surface area contributed by atoms with Crippen molar-refractivity contribution in [3.63, 3.8) is 0 Å². The molecule has 5 aromatic heterocycles. The van der Waals surface area contributed by atoms with Crippen LogP contribution in [0.25, 0.3) is 22.4 Å². The normalized spacial score (nSPS) is 10.8. The van der Waals surface area contributed by atoms with E-state index in [-0.39, 0.29) is 0 Å². The minimum absolute atomic E-state index is 0.658. The molecule has 5 rings (SSSR count). The summed E-state index contributed by atoms with van der Waals surface area (Å²) in [6.07, 6.45) is 10.6. The molecule has 0 aliphatic carbocycles. The van der Waals surface area contributed by atoms with Gasteiger partial charge in [-0.2, -0.15) is 24.3 Å². The smallest absolute Gasteiger partial charge is 0.217 e. The maximum atomic E-state index is 5.22. The molecule has 0 fully saturated rings. The summed E-state index contributed by atoms with van der Waals surface area (Å²) in [5.41, 5.74) is 3.45. The number of aryl methyl sites for hydroxylation is 1. The summed E-state index contributed by atoms with van der Waals surface area (Å²) in [5.74, 6) is 1.33. The van der Waals surface area contributed by atoms with Crippen LogP contribution in [0.3, 0.4) is 0 Å². The fraction of sp³-hybridized carbons (Fsp3) is 0.167. The third kappa shape index (κ3) is 3.51. The number of hydrogen-bond acceptors (Lipinski definition) is 7. The average molecular weight is 457 g/mol. The van der Waals surface area contributed by atoms with Gasteiger partial charge >= 0.3 is 0 Å². The summed E-state index contributed by atoms with van der Waals surface area (Å²) in [6, 6.07) is 3.53. The average Bonchev–Trinajstić information content (AvgIpc) is 3.46. The van der Waals surface area contributed by atoms with Crippen molar-refractivity contribution in [3.8, 4) is 22.9 Å². The molecule has 0 aliphatic heterocycles. The van der Waals surface area contributed by atoms with Crippen LogP contribution in [-0.4, -0.2) is 53.2 Å². The summed E-state index contributed by atoms with van der Waals surface area (Å²) in [7, 11) is 5.09. The van der Waals surface area contributed by atoms with Gasteiger partial charge in [-0.3, -0.25) is 4.68 Å². The highest BCUT2D eigenvalue weighted by atomic mass is 79.9. The number of halogens is 1.